The molecule has 0 radical (unpaired) electrons. The third-order valence-corrected chi connectivity index (χ3v) is 3.65. The van der Waals surface area contributed by atoms with Gasteiger partial charge in [-0.05, 0) is 31.0 Å². The van der Waals surface area contributed by atoms with Gasteiger partial charge >= 0.3 is 0 Å². The number of amides is 1. The lowest BCUT2D eigenvalue weighted by atomic mass is 9.97. The molecule has 2 heterocycles. The number of halogens is 1. The average molecular weight is 323 g/mol. The van der Waals surface area contributed by atoms with Crippen molar-refractivity contribution < 1.29 is 9.53 Å². The Morgan fingerprint density at radius 1 is 1.32 bits per heavy atom. The largest absolute Gasteiger partial charge is 0.399 e. The molecular weight excluding hydrogens is 304 g/mol. The lowest BCUT2D eigenvalue weighted by molar-refractivity contribution is 0.0845. The van der Waals surface area contributed by atoms with Crippen LogP contribution in [0, 0.1) is 0 Å². The van der Waals surface area contributed by atoms with Crippen LogP contribution in [0.2, 0.25) is 0 Å². The summed E-state index contributed by atoms with van der Waals surface area (Å²) in [5, 5.41) is 9.93. The number of ether oxygens (including phenoxy) is 1. The second-order valence-corrected chi connectivity index (χ2v) is 5.17. The Hall–Kier alpha value is -2.05. The predicted octanol–water partition coefficient (Wildman–Crippen LogP) is 2.56. The highest BCUT2D eigenvalue weighted by atomic mass is 35.5. The van der Waals surface area contributed by atoms with Crippen molar-refractivity contribution in [2.45, 2.75) is 18.8 Å². The number of aromatic nitrogens is 2. The van der Waals surface area contributed by atoms with Gasteiger partial charge in [0.2, 0.25) is 0 Å². The van der Waals surface area contributed by atoms with Gasteiger partial charge < -0.3 is 15.8 Å². The minimum absolute atomic E-state index is 0. The quantitative estimate of drug-likeness (QED) is 0.757. The molecule has 4 N–H and O–H groups in total. The molecule has 0 aliphatic carbocycles. The standard InChI is InChI=1S/C15H18N4O2.ClH/c16-12-3-1-2-11(8-12)15(20)17-14-9-13(18-19-14)10-4-6-21-7-5-10;/h1-3,8-10H,4-7,16H2,(H2,17,18,19,20);1H. The van der Waals surface area contributed by atoms with Crippen LogP contribution in [0.3, 0.4) is 0 Å². The third kappa shape index (κ3) is 3.78. The van der Waals surface area contributed by atoms with Crippen molar-refractivity contribution >= 4 is 29.8 Å². The van der Waals surface area contributed by atoms with E-state index < -0.39 is 0 Å². The summed E-state index contributed by atoms with van der Waals surface area (Å²) in [6.07, 6.45) is 1.95. The van der Waals surface area contributed by atoms with Crippen molar-refractivity contribution in [2.24, 2.45) is 0 Å². The van der Waals surface area contributed by atoms with Crippen LogP contribution in [0.15, 0.2) is 30.3 Å². The van der Waals surface area contributed by atoms with Gasteiger partial charge in [0.25, 0.3) is 5.91 Å². The first-order valence-electron chi connectivity index (χ1n) is 7.02. The summed E-state index contributed by atoms with van der Waals surface area (Å²) in [6, 6.07) is 8.75. The maximum atomic E-state index is 12.1. The Morgan fingerprint density at radius 3 is 2.82 bits per heavy atom. The Balaban J connectivity index is 0.00000176. The number of carbonyl (C=O) groups is 1. The fraction of sp³-hybridized carbons (Fsp3) is 0.333. The molecule has 1 aromatic heterocycles. The summed E-state index contributed by atoms with van der Waals surface area (Å²) in [6.45, 7) is 1.54. The number of nitrogens with one attached hydrogen (secondary N) is 2. The fourth-order valence-electron chi connectivity index (χ4n) is 2.49. The van der Waals surface area contributed by atoms with Crippen molar-refractivity contribution in [1.29, 1.82) is 0 Å². The van der Waals surface area contributed by atoms with E-state index in [9.17, 15) is 4.79 Å². The maximum Gasteiger partial charge on any atom is 0.256 e. The highest BCUT2D eigenvalue weighted by molar-refractivity contribution is 6.04. The van der Waals surface area contributed by atoms with Crippen LogP contribution in [0.4, 0.5) is 11.5 Å². The van der Waals surface area contributed by atoms with Gasteiger partial charge in [0.05, 0.1) is 0 Å². The van der Waals surface area contributed by atoms with E-state index in [1.807, 2.05) is 6.07 Å². The molecule has 6 nitrogen and oxygen atoms in total. The van der Waals surface area contributed by atoms with Gasteiger partial charge in [-0.3, -0.25) is 9.89 Å². The minimum Gasteiger partial charge on any atom is -0.399 e. The lowest BCUT2D eigenvalue weighted by Gasteiger charge is -2.20. The molecule has 1 saturated heterocycles. The number of H-pyrrole nitrogens is 1. The summed E-state index contributed by atoms with van der Waals surface area (Å²) < 4.78 is 5.35. The van der Waals surface area contributed by atoms with Gasteiger partial charge in [0.15, 0.2) is 5.82 Å². The van der Waals surface area contributed by atoms with Crippen LogP contribution in [-0.2, 0) is 4.74 Å². The number of rotatable bonds is 3. The van der Waals surface area contributed by atoms with Crippen molar-refractivity contribution in [3.05, 3.63) is 41.6 Å². The third-order valence-electron chi connectivity index (χ3n) is 3.65. The molecular formula is C15H19ClN4O2. The number of carbonyl (C=O) groups excluding carboxylic acids is 1. The molecule has 1 amide bonds. The van der Waals surface area contributed by atoms with Crippen LogP contribution in [0.25, 0.3) is 0 Å². The molecule has 0 unspecified atom stereocenters. The Morgan fingerprint density at radius 2 is 2.09 bits per heavy atom. The van der Waals surface area contributed by atoms with Crippen molar-refractivity contribution in [3.63, 3.8) is 0 Å². The molecule has 0 atom stereocenters. The molecule has 2 aromatic rings. The first-order chi connectivity index (χ1) is 10.2. The van der Waals surface area contributed by atoms with E-state index in [1.165, 1.54) is 0 Å². The Labute approximate surface area is 134 Å². The molecule has 0 bridgehead atoms. The fourth-order valence-corrected chi connectivity index (χ4v) is 2.49. The molecule has 0 saturated carbocycles. The van der Waals surface area contributed by atoms with Crippen molar-refractivity contribution in [3.8, 4) is 0 Å². The van der Waals surface area contributed by atoms with Crippen LogP contribution < -0.4 is 11.1 Å². The normalized spacial score (nSPS) is 15.1. The molecule has 7 heteroatoms. The number of nitrogens with two attached hydrogens (primary N) is 1. The Bertz CT molecular complexity index is 638. The zero-order chi connectivity index (χ0) is 14.7. The van der Waals surface area contributed by atoms with Crippen LogP contribution in [0.1, 0.15) is 34.8 Å². The molecule has 3 rings (SSSR count). The molecule has 0 spiro atoms. The van der Waals surface area contributed by atoms with Crippen LogP contribution in [-0.4, -0.2) is 29.3 Å². The van der Waals surface area contributed by atoms with E-state index in [-0.39, 0.29) is 18.3 Å². The van der Waals surface area contributed by atoms with E-state index >= 15 is 0 Å². The SMILES string of the molecule is Cl.Nc1cccc(C(=O)Nc2cc(C3CCOCC3)[nH]n2)c1. The minimum atomic E-state index is -0.215. The zero-order valence-electron chi connectivity index (χ0n) is 12.0. The second-order valence-electron chi connectivity index (χ2n) is 5.17. The molecule has 1 aliphatic heterocycles. The monoisotopic (exact) mass is 322 g/mol. The topological polar surface area (TPSA) is 93.0 Å². The summed E-state index contributed by atoms with van der Waals surface area (Å²) in [4.78, 5) is 12.1. The number of nitrogen functional groups attached to an aromatic ring is 1. The van der Waals surface area contributed by atoms with Gasteiger partial charge in [-0.25, -0.2) is 0 Å². The van der Waals surface area contributed by atoms with Crippen molar-refractivity contribution in [2.75, 3.05) is 24.3 Å². The number of aromatic amines is 1. The molecule has 1 aliphatic rings. The van der Waals surface area contributed by atoms with Crippen LogP contribution >= 0.6 is 12.4 Å². The molecule has 22 heavy (non-hydrogen) atoms. The van der Waals surface area contributed by atoms with E-state index in [0.29, 0.717) is 23.0 Å². The smallest absolute Gasteiger partial charge is 0.256 e. The predicted molar refractivity (Wildman–Crippen MR) is 87.4 cm³/mol. The van der Waals surface area contributed by atoms with E-state index in [2.05, 4.69) is 15.5 Å². The number of anilines is 2. The summed E-state index contributed by atoms with van der Waals surface area (Å²) in [7, 11) is 0. The van der Waals surface area contributed by atoms with E-state index in [1.54, 1.807) is 24.3 Å². The number of hydrogen-bond donors (Lipinski definition) is 3. The highest BCUT2D eigenvalue weighted by Gasteiger charge is 2.18. The van der Waals surface area contributed by atoms with Crippen molar-refractivity contribution in [1.82, 2.24) is 10.2 Å². The van der Waals surface area contributed by atoms with Gasteiger partial charge in [-0.15, -0.1) is 12.4 Å². The summed E-state index contributed by atoms with van der Waals surface area (Å²) in [5.74, 6) is 0.737. The summed E-state index contributed by atoms with van der Waals surface area (Å²) in [5.41, 5.74) is 7.80. The Kier molecular flexibility index (Phi) is 5.41. The first-order valence-corrected chi connectivity index (χ1v) is 7.02. The lowest BCUT2D eigenvalue weighted by Crippen LogP contribution is -2.14. The second kappa shape index (κ2) is 7.29. The molecule has 1 aromatic carbocycles. The molecule has 118 valence electrons. The van der Waals surface area contributed by atoms with Gasteiger partial charge in [0, 0.05) is 42.1 Å². The zero-order valence-corrected chi connectivity index (χ0v) is 12.9. The summed E-state index contributed by atoms with van der Waals surface area (Å²) >= 11 is 0. The van der Waals surface area contributed by atoms with Crippen LogP contribution in [0.5, 0.6) is 0 Å². The number of hydrogen-bond acceptors (Lipinski definition) is 4. The van der Waals surface area contributed by atoms with Gasteiger partial charge in [0.1, 0.15) is 0 Å². The maximum absolute atomic E-state index is 12.1. The number of benzene rings is 1. The molecule has 1 fully saturated rings. The van der Waals surface area contributed by atoms with E-state index in [4.69, 9.17) is 10.5 Å². The van der Waals surface area contributed by atoms with Gasteiger partial charge in [-0.1, -0.05) is 6.07 Å². The van der Waals surface area contributed by atoms with Gasteiger partial charge in [-0.2, -0.15) is 5.10 Å². The average Bonchev–Trinajstić information content (AvgIpc) is 2.97. The number of nitrogens with zero attached hydrogens (tertiary/aromatic N) is 1. The highest BCUT2D eigenvalue weighted by Crippen LogP contribution is 2.26. The van der Waals surface area contributed by atoms with E-state index in [0.717, 1.165) is 31.7 Å². The first kappa shape index (κ1) is 16.3.